The Bertz CT molecular complexity index is 1210. The standard InChI is InChI=1S/C19H20FN5O4S/c1-2-3-8-30-19-22-15(21)14-16(23-19)25(9-11-4-6-12(20)7-5-11)18(29)17(28)24(14)10-13(26)27/h4-7H,2-3,8-10H2,1H3,(H,26,27)(H2,21,22,23). The van der Waals surface area contributed by atoms with Gasteiger partial charge in [0, 0.05) is 5.75 Å². The topological polar surface area (TPSA) is 133 Å². The molecule has 2 aromatic heterocycles. The number of thioether (sulfide) groups is 1. The van der Waals surface area contributed by atoms with Crippen molar-refractivity contribution >= 4 is 34.7 Å². The minimum Gasteiger partial charge on any atom is -0.480 e. The third-order valence-corrected chi connectivity index (χ3v) is 5.28. The Morgan fingerprint density at radius 3 is 2.47 bits per heavy atom. The normalized spacial score (nSPS) is 11.1. The number of benzene rings is 1. The molecule has 2 heterocycles. The Morgan fingerprint density at radius 1 is 1.17 bits per heavy atom. The van der Waals surface area contributed by atoms with E-state index in [9.17, 15) is 23.9 Å². The fraction of sp³-hybridized carbons (Fsp3) is 0.316. The van der Waals surface area contributed by atoms with Gasteiger partial charge >= 0.3 is 17.1 Å². The molecule has 0 amide bonds. The monoisotopic (exact) mass is 433 g/mol. The first kappa shape index (κ1) is 21.5. The minimum absolute atomic E-state index is 0.0241. The Morgan fingerprint density at radius 2 is 1.83 bits per heavy atom. The van der Waals surface area contributed by atoms with Crippen LogP contribution in [0.1, 0.15) is 25.3 Å². The molecule has 0 spiro atoms. The molecule has 0 bridgehead atoms. The number of aliphatic carboxylic acids is 1. The van der Waals surface area contributed by atoms with Gasteiger partial charge in [0.05, 0.1) is 6.54 Å². The van der Waals surface area contributed by atoms with Gasteiger partial charge in [0.2, 0.25) is 0 Å². The Balaban J connectivity index is 2.25. The van der Waals surface area contributed by atoms with Crippen LogP contribution in [0.3, 0.4) is 0 Å². The van der Waals surface area contributed by atoms with E-state index in [1.54, 1.807) is 0 Å². The quantitative estimate of drug-likeness (QED) is 0.237. The number of halogens is 1. The molecule has 0 saturated heterocycles. The zero-order valence-electron chi connectivity index (χ0n) is 16.2. The molecule has 0 aliphatic carbocycles. The molecule has 3 aromatic rings. The second-order valence-corrected chi connectivity index (χ2v) is 7.63. The Labute approximate surface area is 174 Å². The van der Waals surface area contributed by atoms with Crippen LogP contribution in [0.5, 0.6) is 0 Å². The SMILES string of the molecule is CCCCSc1nc(N)c2c(n1)n(Cc1ccc(F)cc1)c(=O)c(=O)n2CC(=O)O. The van der Waals surface area contributed by atoms with Gasteiger partial charge in [0.25, 0.3) is 0 Å². The van der Waals surface area contributed by atoms with Gasteiger partial charge in [-0.15, -0.1) is 0 Å². The van der Waals surface area contributed by atoms with Gasteiger partial charge in [0.15, 0.2) is 16.6 Å². The molecule has 3 N–H and O–H groups in total. The number of hydrogen-bond donors (Lipinski definition) is 2. The number of unbranched alkanes of at least 4 members (excludes halogenated alkanes) is 1. The molecule has 0 fully saturated rings. The second kappa shape index (κ2) is 9.08. The van der Waals surface area contributed by atoms with Gasteiger partial charge in [-0.1, -0.05) is 37.2 Å². The molecule has 0 radical (unpaired) electrons. The van der Waals surface area contributed by atoms with Crippen molar-refractivity contribution in [3.05, 3.63) is 56.4 Å². The molecule has 9 nitrogen and oxygen atoms in total. The van der Waals surface area contributed by atoms with Gasteiger partial charge in [-0.2, -0.15) is 0 Å². The van der Waals surface area contributed by atoms with Gasteiger partial charge in [-0.25, -0.2) is 14.4 Å². The molecule has 0 aliphatic heterocycles. The van der Waals surface area contributed by atoms with Crippen LogP contribution >= 0.6 is 11.8 Å². The van der Waals surface area contributed by atoms with Gasteiger partial charge in [-0.05, 0) is 24.1 Å². The van der Waals surface area contributed by atoms with E-state index < -0.39 is 29.4 Å². The van der Waals surface area contributed by atoms with E-state index in [0.717, 1.165) is 27.7 Å². The summed E-state index contributed by atoms with van der Waals surface area (Å²) in [7, 11) is 0. The summed E-state index contributed by atoms with van der Waals surface area (Å²) in [6.07, 6.45) is 1.90. The number of fused-ring (bicyclic) bond motifs is 1. The molecule has 1 aromatic carbocycles. The average Bonchev–Trinajstić information content (AvgIpc) is 2.70. The lowest BCUT2D eigenvalue weighted by atomic mass is 10.2. The van der Waals surface area contributed by atoms with Crippen LogP contribution in [-0.2, 0) is 17.9 Å². The predicted octanol–water partition coefficient (Wildman–Crippen LogP) is 1.70. The molecular weight excluding hydrogens is 413 g/mol. The lowest BCUT2D eigenvalue weighted by molar-refractivity contribution is -0.137. The number of aromatic nitrogens is 4. The van der Waals surface area contributed by atoms with E-state index in [1.165, 1.54) is 36.0 Å². The van der Waals surface area contributed by atoms with Gasteiger partial charge in [0.1, 0.15) is 17.9 Å². The van der Waals surface area contributed by atoms with E-state index >= 15 is 0 Å². The smallest absolute Gasteiger partial charge is 0.323 e. The lowest BCUT2D eigenvalue weighted by Gasteiger charge is -2.15. The summed E-state index contributed by atoms with van der Waals surface area (Å²) < 4.78 is 15.1. The van der Waals surface area contributed by atoms with Crippen molar-refractivity contribution in [1.82, 2.24) is 19.1 Å². The predicted molar refractivity (Wildman–Crippen MR) is 111 cm³/mol. The van der Waals surface area contributed by atoms with Crippen molar-refractivity contribution in [2.45, 2.75) is 38.0 Å². The van der Waals surface area contributed by atoms with Crippen LogP contribution in [0.15, 0.2) is 39.0 Å². The number of hydrogen-bond acceptors (Lipinski definition) is 7. The Kier molecular flexibility index (Phi) is 6.50. The largest absolute Gasteiger partial charge is 0.480 e. The number of rotatable bonds is 8. The zero-order valence-corrected chi connectivity index (χ0v) is 17.0. The first-order valence-corrected chi connectivity index (χ1v) is 10.2. The minimum atomic E-state index is -1.31. The summed E-state index contributed by atoms with van der Waals surface area (Å²) in [6, 6.07) is 5.45. The Hall–Kier alpha value is -3.21. The number of nitrogen functional groups attached to an aromatic ring is 1. The van der Waals surface area contributed by atoms with E-state index in [-0.39, 0.29) is 23.5 Å². The highest BCUT2D eigenvalue weighted by Crippen LogP contribution is 2.22. The first-order valence-electron chi connectivity index (χ1n) is 9.21. The molecule has 0 aliphatic rings. The van der Waals surface area contributed by atoms with E-state index in [4.69, 9.17) is 5.73 Å². The molecule has 3 rings (SSSR count). The molecule has 0 atom stereocenters. The average molecular weight is 433 g/mol. The highest BCUT2D eigenvalue weighted by molar-refractivity contribution is 7.99. The number of nitrogens with two attached hydrogens (primary N) is 1. The van der Waals surface area contributed by atoms with E-state index in [0.29, 0.717) is 10.7 Å². The maximum absolute atomic E-state index is 13.2. The fourth-order valence-corrected chi connectivity index (χ4v) is 3.82. The fourth-order valence-electron chi connectivity index (χ4n) is 2.89. The highest BCUT2D eigenvalue weighted by Gasteiger charge is 2.20. The van der Waals surface area contributed by atoms with Crippen LogP contribution in [0.25, 0.3) is 11.2 Å². The lowest BCUT2D eigenvalue weighted by Crippen LogP contribution is -2.43. The number of anilines is 1. The van der Waals surface area contributed by atoms with Crippen LogP contribution in [0.4, 0.5) is 10.2 Å². The molecule has 30 heavy (non-hydrogen) atoms. The summed E-state index contributed by atoms with van der Waals surface area (Å²) in [4.78, 5) is 45.2. The van der Waals surface area contributed by atoms with Crippen molar-refractivity contribution in [3.8, 4) is 0 Å². The van der Waals surface area contributed by atoms with E-state index in [2.05, 4.69) is 9.97 Å². The molecule has 11 heteroatoms. The van der Waals surface area contributed by atoms with Crippen LogP contribution in [-0.4, -0.2) is 35.9 Å². The molecule has 158 valence electrons. The summed E-state index contributed by atoms with van der Waals surface area (Å²) in [6.45, 7) is 1.23. The van der Waals surface area contributed by atoms with Crippen LogP contribution < -0.4 is 16.9 Å². The second-order valence-electron chi connectivity index (χ2n) is 6.57. The van der Waals surface area contributed by atoms with Crippen molar-refractivity contribution in [1.29, 1.82) is 0 Å². The molecule has 0 saturated carbocycles. The van der Waals surface area contributed by atoms with E-state index in [1.807, 2.05) is 6.92 Å². The summed E-state index contributed by atoms with van der Waals surface area (Å²) in [5.74, 6) is -1.10. The zero-order chi connectivity index (χ0) is 21.8. The van der Waals surface area contributed by atoms with Gasteiger partial charge in [-0.3, -0.25) is 23.5 Å². The van der Waals surface area contributed by atoms with Crippen molar-refractivity contribution in [2.75, 3.05) is 11.5 Å². The molecular formula is C19H20FN5O4S. The van der Waals surface area contributed by atoms with Crippen LogP contribution in [0.2, 0.25) is 0 Å². The first-order chi connectivity index (χ1) is 14.3. The van der Waals surface area contributed by atoms with Crippen molar-refractivity contribution in [3.63, 3.8) is 0 Å². The summed E-state index contributed by atoms with van der Waals surface area (Å²) >= 11 is 1.35. The molecule has 0 unspecified atom stereocenters. The van der Waals surface area contributed by atoms with Crippen LogP contribution in [0, 0.1) is 5.82 Å². The maximum atomic E-state index is 13.2. The third kappa shape index (κ3) is 4.51. The summed E-state index contributed by atoms with van der Waals surface area (Å²) in [5, 5.41) is 9.49. The number of nitrogens with zero attached hydrogens (tertiary/aromatic N) is 4. The van der Waals surface area contributed by atoms with Gasteiger partial charge < -0.3 is 10.8 Å². The van der Waals surface area contributed by atoms with Crippen molar-refractivity contribution < 1.29 is 14.3 Å². The maximum Gasteiger partial charge on any atom is 0.323 e. The summed E-state index contributed by atoms with van der Waals surface area (Å²) in [5.41, 5.74) is 4.65. The van der Waals surface area contributed by atoms with Crippen molar-refractivity contribution in [2.24, 2.45) is 0 Å². The highest BCUT2D eigenvalue weighted by atomic mass is 32.2. The number of carboxylic acid groups (broad SMARTS) is 1. The third-order valence-electron chi connectivity index (χ3n) is 4.35. The number of carboxylic acids is 1. The number of carbonyl (C=O) groups is 1.